The number of amides is 2. The van der Waals surface area contributed by atoms with E-state index in [2.05, 4.69) is 32.3 Å². The number of para-hydroxylation sites is 1. The summed E-state index contributed by atoms with van der Waals surface area (Å²) < 4.78 is 6.53. The average molecular weight is 529 g/mol. The van der Waals surface area contributed by atoms with E-state index in [4.69, 9.17) is 14.7 Å². The third-order valence-corrected chi connectivity index (χ3v) is 6.99. The number of anilines is 2. The van der Waals surface area contributed by atoms with Crippen LogP contribution in [-0.2, 0) is 9.59 Å². The molecule has 3 heterocycles. The average Bonchev–Trinajstić information content (AvgIpc) is 3.45. The van der Waals surface area contributed by atoms with E-state index in [1.54, 1.807) is 11.1 Å². The van der Waals surface area contributed by atoms with Gasteiger partial charge in [-0.15, -0.1) is 0 Å². The van der Waals surface area contributed by atoms with Crippen LogP contribution in [0.4, 0.5) is 11.8 Å². The third-order valence-electron chi connectivity index (χ3n) is 6.99. The fraction of sp³-hybridized carbons (Fsp3) is 0.321. The summed E-state index contributed by atoms with van der Waals surface area (Å²) in [6.45, 7) is 10.5. The molecule has 4 aromatic rings. The maximum absolute atomic E-state index is 12.1. The lowest BCUT2D eigenvalue weighted by atomic mass is 10.1. The monoisotopic (exact) mass is 528 g/mol. The van der Waals surface area contributed by atoms with Gasteiger partial charge in [0.15, 0.2) is 5.75 Å². The van der Waals surface area contributed by atoms with E-state index in [1.807, 2.05) is 44.2 Å². The Kier molecular flexibility index (Phi) is 7.57. The Labute approximate surface area is 226 Å². The molecule has 1 atom stereocenters. The number of hydrogen-bond donors (Lipinski definition) is 3. The summed E-state index contributed by atoms with van der Waals surface area (Å²) in [4.78, 5) is 36.8. The lowest BCUT2D eigenvalue weighted by Gasteiger charge is -2.35. The van der Waals surface area contributed by atoms with Gasteiger partial charge in [0.25, 0.3) is 0 Å². The largest absolute Gasteiger partial charge is 0.454 e. The number of rotatable bonds is 10. The molecule has 1 saturated heterocycles. The number of aromatic amines is 1. The number of aryl methyl sites for hydroxylation is 1. The third kappa shape index (κ3) is 5.33. The Balaban J connectivity index is 1.57. The second-order valence-electron chi connectivity index (χ2n) is 9.46. The first-order chi connectivity index (χ1) is 19.0. The molecule has 2 aromatic carbocycles. The van der Waals surface area contributed by atoms with Crippen LogP contribution in [0.25, 0.3) is 21.8 Å². The van der Waals surface area contributed by atoms with Gasteiger partial charge in [0, 0.05) is 44.2 Å². The fourth-order valence-corrected chi connectivity index (χ4v) is 4.78. The molecule has 202 valence electrons. The zero-order chi connectivity index (χ0) is 27.4. The van der Waals surface area contributed by atoms with E-state index in [1.165, 1.54) is 6.08 Å². The Morgan fingerprint density at radius 3 is 2.74 bits per heavy atom. The van der Waals surface area contributed by atoms with Crippen molar-refractivity contribution in [3.63, 3.8) is 0 Å². The number of ether oxygens (including phenoxy) is 1. The van der Waals surface area contributed by atoms with Gasteiger partial charge in [-0.05, 0) is 43.2 Å². The summed E-state index contributed by atoms with van der Waals surface area (Å²) in [6, 6.07) is 9.72. The van der Waals surface area contributed by atoms with E-state index < -0.39 is 0 Å². The highest BCUT2D eigenvalue weighted by Gasteiger charge is 2.24. The normalized spacial score (nSPS) is 14.3. The molecule has 1 fully saturated rings. The quantitative estimate of drug-likeness (QED) is 0.211. The van der Waals surface area contributed by atoms with Crippen LogP contribution >= 0.6 is 0 Å². The number of hydrogen-bond acceptors (Lipinski definition) is 8. The maximum Gasteiger partial charge on any atom is 0.246 e. The summed E-state index contributed by atoms with van der Waals surface area (Å²) in [5, 5.41) is 15.0. The number of benzene rings is 2. The minimum Gasteiger partial charge on any atom is -0.454 e. The van der Waals surface area contributed by atoms with Gasteiger partial charge in [-0.1, -0.05) is 25.6 Å². The van der Waals surface area contributed by atoms with Crippen LogP contribution in [0.15, 0.2) is 49.2 Å². The molecule has 0 spiro atoms. The number of piperazine rings is 1. The van der Waals surface area contributed by atoms with Crippen LogP contribution in [-0.4, -0.2) is 76.1 Å². The smallest absolute Gasteiger partial charge is 0.246 e. The summed E-state index contributed by atoms with van der Waals surface area (Å²) in [6.07, 6.45) is 4.56. The van der Waals surface area contributed by atoms with Crippen LogP contribution in [0.5, 0.6) is 11.5 Å². The van der Waals surface area contributed by atoms with Crippen molar-refractivity contribution in [2.75, 3.05) is 42.9 Å². The molecule has 0 saturated carbocycles. The van der Waals surface area contributed by atoms with E-state index in [0.717, 1.165) is 34.1 Å². The van der Waals surface area contributed by atoms with Crippen molar-refractivity contribution in [1.82, 2.24) is 30.4 Å². The minimum atomic E-state index is -0.0718. The first kappa shape index (κ1) is 26.0. The first-order valence-corrected chi connectivity index (χ1v) is 13.0. The second kappa shape index (κ2) is 11.4. The lowest BCUT2D eigenvalue weighted by Crippen LogP contribution is -2.48. The fourth-order valence-electron chi connectivity index (χ4n) is 4.78. The molecule has 1 aliphatic rings. The molecule has 1 unspecified atom stereocenters. The molecule has 0 bridgehead atoms. The van der Waals surface area contributed by atoms with E-state index in [9.17, 15) is 9.59 Å². The summed E-state index contributed by atoms with van der Waals surface area (Å²) in [7, 11) is 0. The number of fused-ring (bicyclic) bond motifs is 2. The van der Waals surface area contributed by atoms with Gasteiger partial charge in [-0.2, -0.15) is 10.1 Å². The minimum absolute atomic E-state index is 0.0578. The highest BCUT2D eigenvalue weighted by Crippen LogP contribution is 2.38. The van der Waals surface area contributed by atoms with Gasteiger partial charge < -0.3 is 25.2 Å². The molecular formula is C28H32N8O3. The Morgan fingerprint density at radius 1 is 1.18 bits per heavy atom. The number of nitrogens with one attached hydrogen (secondary N) is 3. The van der Waals surface area contributed by atoms with E-state index in [0.29, 0.717) is 62.1 Å². The molecule has 11 nitrogen and oxygen atoms in total. The van der Waals surface area contributed by atoms with Gasteiger partial charge in [-0.3, -0.25) is 14.7 Å². The molecule has 5 rings (SSSR count). The Morgan fingerprint density at radius 2 is 2.00 bits per heavy atom. The Hall–Kier alpha value is -4.67. The molecular weight excluding hydrogens is 496 g/mol. The van der Waals surface area contributed by atoms with Gasteiger partial charge in [0.05, 0.1) is 17.1 Å². The lowest BCUT2D eigenvalue weighted by molar-refractivity contribution is -0.126. The van der Waals surface area contributed by atoms with Crippen molar-refractivity contribution in [3.8, 4) is 11.5 Å². The zero-order valence-corrected chi connectivity index (χ0v) is 22.1. The van der Waals surface area contributed by atoms with E-state index in [-0.39, 0.29) is 11.9 Å². The summed E-state index contributed by atoms with van der Waals surface area (Å²) >= 11 is 0. The maximum atomic E-state index is 12.1. The number of carbonyl (C=O) groups is 2. The zero-order valence-electron chi connectivity index (χ0n) is 22.1. The van der Waals surface area contributed by atoms with Gasteiger partial charge in [-0.25, -0.2) is 4.98 Å². The molecule has 1 aliphatic heterocycles. The van der Waals surface area contributed by atoms with Crippen molar-refractivity contribution < 1.29 is 14.3 Å². The topological polar surface area (TPSA) is 128 Å². The highest BCUT2D eigenvalue weighted by atomic mass is 16.5. The number of carbonyl (C=O) groups excluding carboxylic acids is 2. The Bertz CT molecular complexity index is 1510. The van der Waals surface area contributed by atoms with Crippen molar-refractivity contribution in [3.05, 3.63) is 54.7 Å². The van der Waals surface area contributed by atoms with Crippen molar-refractivity contribution >= 4 is 45.9 Å². The highest BCUT2D eigenvalue weighted by molar-refractivity contribution is 5.95. The molecule has 2 amide bonds. The standard InChI is InChI=1S/C28H32N8O3/c1-4-19(15-29-17-37)31-28-32-25-20(27(33-28)36-13-11-35(12-14-36)24(38)5-2)7-6-8-23(25)39-26-18(3)9-10-22-21(26)16-30-34-22/h5-10,16-17,19H,2,4,11-15H2,1,3H3,(H,29,37)(H,30,34)(H,31,32,33). The predicted octanol–water partition coefficient (Wildman–Crippen LogP) is 3.38. The van der Waals surface area contributed by atoms with Gasteiger partial charge in [0.1, 0.15) is 17.1 Å². The number of nitrogens with zero attached hydrogens (tertiary/aromatic N) is 5. The van der Waals surface area contributed by atoms with Gasteiger partial charge in [0.2, 0.25) is 18.3 Å². The summed E-state index contributed by atoms with van der Waals surface area (Å²) in [5.74, 6) is 2.43. The van der Waals surface area contributed by atoms with Crippen molar-refractivity contribution in [2.24, 2.45) is 0 Å². The number of H-pyrrole nitrogens is 1. The van der Waals surface area contributed by atoms with Crippen molar-refractivity contribution in [1.29, 1.82) is 0 Å². The van der Waals surface area contributed by atoms with Crippen LogP contribution < -0.4 is 20.3 Å². The predicted molar refractivity (Wildman–Crippen MR) is 151 cm³/mol. The first-order valence-electron chi connectivity index (χ1n) is 13.0. The van der Waals surface area contributed by atoms with Crippen LogP contribution in [0.3, 0.4) is 0 Å². The van der Waals surface area contributed by atoms with Crippen LogP contribution in [0, 0.1) is 6.92 Å². The van der Waals surface area contributed by atoms with Crippen LogP contribution in [0.1, 0.15) is 18.9 Å². The van der Waals surface area contributed by atoms with E-state index >= 15 is 0 Å². The van der Waals surface area contributed by atoms with Crippen molar-refractivity contribution in [2.45, 2.75) is 26.3 Å². The molecule has 11 heteroatoms. The molecule has 3 N–H and O–H groups in total. The molecule has 2 aromatic heterocycles. The summed E-state index contributed by atoms with van der Waals surface area (Å²) in [5.41, 5.74) is 2.52. The molecule has 0 aliphatic carbocycles. The van der Waals surface area contributed by atoms with Gasteiger partial charge >= 0.3 is 0 Å². The van der Waals surface area contributed by atoms with Crippen LogP contribution in [0.2, 0.25) is 0 Å². The number of aromatic nitrogens is 4. The molecule has 0 radical (unpaired) electrons. The SMILES string of the molecule is C=CC(=O)N1CCN(c2nc(NC(CC)CNC=O)nc3c(Oc4c(C)ccc5[nH]ncc45)cccc23)CC1. The molecule has 39 heavy (non-hydrogen) atoms. The second-order valence-corrected chi connectivity index (χ2v) is 9.46.